The maximum absolute atomic E-state index is 4.96. The van der Waals surface area contributed by atoms with Crippen LogP contribution in [0.15, 0.2) is 0 Å². The summed E-state index contributed by atoms with van der Waals surface area (Å²) in [5, 5.41) is 1.10. The topological polar surface area (TPSA) is 24.9 Å². The molecule has 0 fully saturated rings. The molecule has 0 rings (SSSR count). The third kappa shape index (κ3) is 24.1. The van der Waals surface area contributed by atoms with Crippen molar-refractivity contribution >= 4 is 34.8 Å². The molecule has 0 heterocycles. The Bertz CT molecular complexity index is 202. The number of hydrogen-bond donors (Lipinski definition) is 0. The first-order valence-electron chi connectivity index (χ1n) is 5.04. The molecule has 0 aliphatic rings. The van der Waals surface area contributed by atoms with Crippen molar-refractivity contribution in [2.24, 2.45) is 0 Å². The van der Waals surface area contributed by atoms with Gasteiger partial charge < -0.3 is 44.1 Å². The summed E-state index contributed by atoms with van der Waals surface area (Å²) in [5.74, 6) is 0. The minimum Gasteiger partial charge on any atom is -1.00 e. The van der Waals surface area contributed by atoms with Crippen LogP contribution >= 0.6 is 24.4 Å². The SMILES string of the molecule is CCOC(=S)N(C)C.CCOC(=S)N(C)C.[Cl-].[Cl-].[Pt+2]. The number of halogens is 2. The molecule has 120 valence electrons. The third-order valence-electron chi connectivity index (χ3n) is 1.27. The Hall–Kier alpha value is 0.648. The van der Waals surface area contributed by atoms with E-state index >= 15 is 0 Å². The van der Waals surface area contributed by atoms with Gasteiger partial charge in [0.05, 0.1) is 13.2 Å². The third-order valence-corrected chi connectivity index (χ3v) is 2.23. The molecule has 0 saturated carbocycles. The van der Waals surface area contributed by atoms with Gasteiger partial charge in [0, 0.05) is 28.2 Å². The van der Waals surface area contributed by atoms with E-state index in [1.54, 1.807) is 9.80 Å². The standard InChI is InChI=1S/2C5H11NOS.2ClH.Pt/c2*1-4-7-5(8)6(2)3;;;/h2*4H2,1-3H3;2*1H;/q;;;;+2/p-2. The summed E-state index contributed by atoms with van der Waals surface area (Å²) in [4.78, 5) is 3.53. The van der Waals surface area contributed by atoms with Crippen molar-refractivity contribution in [1.82, 2.24) is 9.80 Å². The zero-order valence-corrected chi connectivity index (χ0v) is 17.4. The molecular formula is C10H22Cl2N2O2PtS2. The second kappa shape index (κ2) is 21.0. The van der Waals surface area contributed by atoms with E-state index in [1.165, 1.54) is 0 Å². The largest absolute Gasteiger partial charge is 2.00 e. The second-order valence-corrected chi connectivity index (χ2v) is 3.89. The average Bonchev–Trinajstić information content (AvgIpc) is 2.19. The van der Waals surface area contributed by atoms with Crippen molar-refractivity contribution in [2.75, 3.05) is 41.4 Å². The van der Waals surface area contributed by atoms with Gasteiger partial charge in [0.1, 0.15) is 0 Å². The van der Waals surface area contributed by atoms with Crippen LogP contribution < -0.4 is 24.8 Å². The maximum Gasteiger partial charge on any atom is 2.00 e. The number of ether oxygens (including phenoxy) is 2. The predicted molar refractivity (Wildman–Crippen MR) is 75.8 cm³/mol. The first-order valence-corrected chi connectivity index (χ1v) is 5.86. The fourth-order valence-electron chi connectivity index (χ4n) is 0.505. The summed E-state index contributed by atoms with van der Waals surface area (Å²) in [5.41, 5.74) is 0. The van der Waals surface area contributed by atoms with E-state index in [0.717, 1.165) is 0 Å². The van der Waals surface area contributed by atoms with E-state index in [0.29, 0.717) is 23.6 Å². The minimum atomic E-state index is 0. The van der Waals surface area contributed by atoms with Crippen LogP contribution in [0.25, 0.3) is 0 Å². The first-order chi connectivity index (χ1) is 7.36. The van der Waals surface area contributed by atoms with Gasteiger partial charge in [-0.3, -0.25) is 0 Å². The Morgan fingerprint density at radius 3 is 1.05 bits per heavy atom. The Kier molecular flexibility index (Phi) is 35.1. The summed E-state index contributed by atoms with van der Waals surface area (Å²) in [6, 6.07) is 0. The van der Waals surface area contributed by atoms with E-state index in [-0.39, 0.29) is 45.9 Å². The molecule has 0 unspecified atom stereocenters. The number of nitrogens with zero attached hydrogens (tertiary/aromatic N) is 2. The smallest absolute Gasteiger partial charge is 1.00 e. The molecule has 0 aromatic heterocycles. The van der Waals surface area contributed by atoms with Crippen LogP contribution in [0.1, 0.15) is 13.8 Å². The first kappa shape index (κ1) is 31.8. The van der Waals surface area contributed by atoms with Crippen molar-refractivity contribution in [2.45, 2.75) is 13.8 Å². The number of thiocarbonyl (C=S) groups is 2. The molecule has 0 saturated heterocycles. The zero-order chi connectivity index (χ0) is 13.1. The Labute approximate surface area is 154 Å². The Balaban J connectivity index is -0.0000000594. The molecule has 0 aliphatic heterocycles. The average molecular weight is 532 g/mol. The molecule has 4 nitrogen and oxygen atoms in total. The van der Waals surface area contributed by atoms with Gasteiger partial charge >= 0.3 is 21.1 Å². The molecule has 0 aromatic rings. The van der Waals surface area contributed by atoms with Crippen LogP contribution in [0, 0.1) is 0 Å². The van der Waals surface area contributed by atoms with Crippen LogP contribution in [0.2, 0.25) is 0 Å². The van der Waals surface area contributed by atoms with Crippen LogP contribution in [-0.2, 0) is 30.5 Å². The molecule has 0 aromatic carbocycles. The fraction of sp³-hybridized carbons (Fsp3) is 0.800. The van der Waals surface area contributed by atoms with Gasteiger partial charge in [-0.05, 0) is 38.3 Å². The van der Waals surface area contributed by atoms with Crippen LogP contribution in [0.4, 0.5) is 0 Å². The van der Waals surface area contributed by atoms with Crippen LogP contribution in [-0.4, -0.2) is 61.6 Å². The molecule has 19 heavy (non-hydrogen) atoms. The zero-order valence-electron chi connectivity index (χ0n) is 12.0. The second-order valence-electron chi connectivity index (χ2n) is 3.19. The van der Waals surface area contributed by atoms with Gasteiger partial charge in [-0.1, -0.05) is 0 Å². The Morgan fingerprint density at radius 2 is 1.00 bits per heavy atom. The van der Waals surface area contributed by atoms with Crippen molar-refractivity contribution in [3.63, 3.8) is 0 Å². The van der Waals surface area contributed by atoms with E-state index in [4.69, 9.17) is 33.9 Å². The summed E-state index contributed by atoms with van der Waals surface area (Å²) in [7, 11) is 7.44. The number of hydrogen-bond acceptors (Lipinski definition) is 4. The molecule has 0 atom stereocenters. The summed E-state index contributed by atoms with van der Waals surface area (Å²) < 4.78 is 9.92. The predicted octanol–water partition coefficient (Wildman–Crippen LogP) is -4.26. The minimum absolute atomic E-state index is 0. The molecule has 0 spiro atoms. The van der Waals surface area contributed by atoms with E-state index in [1.807, 2.05) is 42.0 Å². The van der Waals surface area contributed by atoms with Crippen molar-refractivity contribution < 1.29 is 55.4 Å². The van der Waals surface area contributed by atoms with Gasteiger partial charge in [-0.25, -0.2) is 0 Å². The van der Waals surface area contributed by atoms with Crippen molar-refractivity contribution in [1.29, 1.82) is 0 Å². The maximum atomic E-state index is 4.96. The van der Waals surface area contributed by atoms with Gasteiger partial charge in [0.25, 0.3) is 10.3 Å². The quantitative estimate of drug-likeness (QED) is 0.335. The molecule has 0 aliphatic carbocycles. The summed E-state index contributed by atoms with van der Waals surface area (Å²) in [6.07, 6.45) is 0. The normalized spacial score (nSPS) is 7.05. The monoisotopic (exact) mass is 531 g/mol. The van der Waals surface area contributed by atoms with E-state index in [2.05, 4.69) is 0 Å². The van der Waals surface area contributed by atoms with Crippen molar-refractivity contribution in [3.05, 3.63) is 0 Å². The van der Waals surface area contributed by atoms with Gasteiger partial charge in [-0.15, -0.1) is 0 Å². The molecule has 0 amide bonds. The van der Waals surface area contributed by atoms with E-state index < -0.39 is 0 Å². The summed E-state index contributed by atoms with van der Waals surface area (Å²) >= 11 is 9.56. The number of rotatable bonds is 2. The van der Waals surface area contributed by atoms with Crippen LogP contribution in [0.3, 0.4) is 0 Å². The van der Waals surface area contributed by atoms with Crippen molar-refractivity contribution in [3.8, 4) is 0 Å². The molecule has 0 N–H and O–H groups in total. The summed E-state index contributed by atoms with van der Waals surface area (Å²) in [6.45, 7) is 5.12. The Morgan fingerprint density at radius 1 is 0.789 bits per heavy atom. The van der Waals surface area contributed by atoms with Gasteiger partial charge in [-0.2, -0.15) is 0 Å². The van der Waals surface area contributed by atoms with Gasteiger partial charge in [0.15, 0.2) is 0 Å². The molecular weight excluding hydrogens is 510 g/mol. The van der Waals surface area contributed by atoms with Crippen LogP contribution in [0.5, 0.6) is 0 Å². The molecule has 0 bridgehead atoms. The van der Waals surface area contributed by atoms with E-state index in [9.17, 15) is 0 Å². The molecule has 9 heteroatoms. The van der Waals surface area contributed by atoms with Gasteiger partial charge in [0.2, 0.25) is 0 Å². The fourth-order valence-corrected chi connectivity index (χ4v) is 0.741. The molecule has 0 radical (unpaired) electrons.